The molecule has 0 saturated carbocycles. The number of benzene rings is 1. The Morgan fingerprint density at radius 2 is 2.04 bits per heavy atom. The van der Waals surface area contributed by atoms with E-state index in [1.807, 2.05) is 18.2 Å². The third-order valence-corrected chi connectivity index (χ3v) is 7.26. The summed E-state index contributed by atoms with van der Waals surface area (Å²) in [5.74, 6) is 0.887. The predicted molar refractivity (Wildman–Crippen MR) is 114 cm³/mol. The molecule has 1 amide bonds. The topological polar surface area (TPSA) is 61.8 Å². The van der Waals surface area contributed by atoms with E-state index in [1.54, 1.807) is 7.05 Å². The number of nitrogens with zero attached hydrogens (tertiary/aromatic N) is 1. The summed E-state index contributed by atoms with van der Waals surface area (Å²) >= 11 is 0. The van der Waals surface area contributed by atoms with Gasteiger partial charge < -0.3 is 20.1 Å². The van der Waals surface area contributed by atoms with Crippen LogP contribution >= 0.6 is 0 Å². The van der Waals surface area contributed by atoms with E-state index in [0.717, 1.165) is 31.7 Å². The average Bonchev–Trinajstić information content (AvgIpc) is 2.62. The lowest BCUT2D eigenvalue weighted by atomic mass is 9.80. The zero-order valence-corrected chi connectivity index (χ0v) is 18.3. The number of hydrogen-bond acceptors (Lipinski definition) is 3. The SMILES string of the molecule is CN(C[C@@H](Nc1ccccc1)C(CC[Si](C)(C)C)[C@@H]1CCCOC1)C(=O)O. The van der Waals surface area contributed by atoms with Gasteiger partial charge in [0.05, 0.1) is 0 Å². The van der Waals surface area contributed by atoms with E-state index in [1.165, 1.54) is 17.4 Å². The first-order chi connectivity index (χ1) is 12.8. The molecule has 3 atom stereocenters. The minimum Gasteiger partial charge on any atom is -0.465 e. The summed E-state index contributed by atoms with van der Waals surface area (Å²) < 4.78 is 5.80. The summed E-state index contributed by atoms with van der Waals surface area (Å²) in [6.45, 7) is 9.35. The van der Waals surface area contributed by atoms with Gasteiger partial charge in [-0.15, -0.1) is 0 Å². The molecule has 1 aromatic carbocycles. The number of amides is 1. The Balaban J connectivity index is 2.23. The van der Waals surface area contributed by atoms with Gasteiger partial charge in [-0.1, -0.05) is 50.3 Å². The molecule has 27 heavy (non-hydrogen) atoms. The Labute approximate surface area is 165 Å². The molecular formula is C21H36N2O3Si. The highest BCUT2D eigenvalue weighted by atomic mass is 28.3. The third kappa shape index (κ3) is 7.54. The van der Waals surface area contributed by atoms with Crippen LogP contribution in [0.2, 0.25) is 25.7 Å². The van der Waals surface area contributed by atoms with E-state index in [0.29, 0.717) is 18.4 Å². The second-order valence-electron chi connectivity index (χ2n) is 9.02. The molecule has 1 aliphatic heterocycles. The van der Waals surface area contributed by atoms with Crippen LogP contribution in [-0.4, -0.2) is 57.0 Å². The Bertz CT molecular complexity index is 571. The molecular weight excluding hydrogens is 356 g/mol. The van der Waals surface area contributed by atoms with Gasteiger partial charge in [-0.3, -0.25) is 0 Å². The fraction of sp³-hybridized carbons (Fsp3) is 0.667. The first kappa shape index (κ1) is 21.8. The van der Waals surface area contributed by atoms with Crippen molar-refractivity contribution in [3.63, 3.8) is 0 Å². The minimum atomic E-state index is -1.18. The molecule has 1 unspecified atom stereocenters. The quantitative estimate of drug-likeness (QED) is 0.590. The van der Waals surface area contributed by atoms with Crippen molar-refractivity contribution in [3.05, 3.63) is 30.3 Å². The number of hydrogen-bond donors (Lipinski definition) is 2. The van der Waals surface area contributed by atoms with Crippen molar-refractivity contribution in [1.29, 1.82) is 0 Å². The lowest BCUT2D eigenvalue weighted by Crippen LogP contribution is -2.46. The summed E-state index contributed by atoms with van der Waals surface area (Å²) in [5.41, 5.74) is 1.05. The summed E-state index contributed by atoms with van der Waals surface area (Å²) in [7, 11) is 0.480. The second-order valence-corrected chi connectivity index (χ2v) is 14.6. The van der Waals surface area contributed by atoms with Crippen LogP contribution in [-0.2, 0) is 4.74 Å². The molecule has 0 radical (unpaired) electrons. The van der Waals surface area contributed by atoms with Crippen LogP contribution in [0, 0.1) is 11.8 Å². The molecule has 1 fully saturated rings. The molecule has 1 heterocycles. The molecule has 6 heteroatoms. The molecule has 0 spiro atoms. The number of rotatable bonds is 9. The van der Waals surface area contributed by atoms with Crippen LogP contribution in [0.1, 0.15) is 19.3 Å². The zero-order valence-electron chi connectivity index (χ0n) is 17.3. The molecule has 5 nitrogen and oxygen atoms in total. The maximum atomic E-state index is 11.5. The average molecular weight is 393 g/mol. The van der Waals surface area contributed by atoms with Gasteiger partial charge in [0.1, 0.15) is 0 Å². The summed E-state index contributed by atoms with van der Waals surface area (Å²) in [6.07, 6.45) is 2.52. The highest BCUT2D eigenvalue weighted by molar-refractivity contribution is 6.76. The first-order valence-electron chi connectivity index (χ1n) is 10.1. The van der Waals surface area contributed by atoms with Gasteiger partial charge in [-0.25, -0.2) is 4.79 Å². The highest BCUT2D eigenvalue weighted by Gasteiger charge is 2.33. The van der Waals surface area contributed by atoms with Crippen LogP contribution < -0.4 is 5.32 Å². The van der Waals surface area contributed by atoms with Crippen molar-refractivity contribution in [2.45, 2.75) is 51.0 Å². The van der Waals surface area contributed by atoms with Gasteiger partial charge >= 0.3 is 6.09 Å². The van der Waals surface area contributed by atoms with Gasteiger partial charge in [0.25, 0.3) is 0 Å². The van der Waals surface area contributed by atoms with Gasteiger partial charge in [-0.2, -0.15) is 0 Å². The van der Waals surface area contributed by atoms with Crippen LogP contribution in [0.5, 0.6) is 0 Å². The monoisotopic (exact) mass is 392 g/mol. The fourth-order valence-electron chi connectivity index (χ4n) is 3.88. The van der Waals surface area contributed by atoms with Crippen molar-refractivity contribution in [1.82, 2.24) is 4.90 Å². The van der Waals surface area contributed by atoms with Crippen molar-refractivity contribution in [2.24, 2.45) is 11.8 Å². The molecule has 0 aliphatic carbocycles. The fourth-order valence-corrected chi connectivity index (χ4v) is 5.08. The largest absolute Gasteiger partial charge is 0.465 e. The predicted octanol–water partition coefficient (Wildman–Crippen LogP) is 4.85. The van der Waals surface area contributed by atoms with E-state index >= 15 is 0 Å². The molecule has 2 N–H and O–H groups in total. The van der Waals surface area contributed by atoms with Gasteiger partial charge in [0.2, 0.25) is 0 Å². The maximum absolute atomic E-state index is 11.5. The van der Waals surface area contributed by atoms with Gasteiger partial charge in [0, 0.05) is 46.6 Å². The molecule has 1 aromatic rings. The van der Waals surface area contributed by atoms with Crippen LogP contribution in [0.25, 0.3) is 0 Å². The Morgan fingerprint density at radius 1 is 1.33 bits per heavy atom. The van der Waals surface area contributed by atoms with Crippen molar-refractivity contribution in [3.8, 4) is 0 Å². The number of carbonyl (C=O) groups is 1. The third-order valence-electron chi connectivity index (χ3n) is 5.47. The molecule has 152 valence electrons. The second kappa shape index (κ2) is 10.1. The Morgan fingerprint density at radius 3 is 2.59 bits per heavy atom. The standard InChI is InChI=1S/C21H36N2O3Si/c1-23(21(24)25)15-20(22-18-10-6-5-7-11-18)19(12-14-27(2,3)4)17-9-8-13-26-16-17/h5-7,10-11,17,19-20,22H,8-9,12-16H2,1-4H3,(H,24,25)/t17-,19?,20-/m1/s1. The molecule has 1 saturated heterocycles. The molecule has 0 bridgehead atoms. The van der Waals surface area contributed by atoms with E-state index < -0.39 is 14.2 Å². The van der Waals surface area contributed by atoms with Crippen molar-refractivity contribution < 1.29 is 14.6 Å². The zero-order chi connectivity index (χ0) is 19.9. The van der Waals surface area contributed by atoms with Crippen molar-refractivity contribution in [2.75, 3.05) is 32.1 Å². The van der Waals surface area contributed by atoms with E-state index in [2.05, 4.69) is 37.1 Å². The Kier molecular flexibility index (Phi) is 8.17. The van der Waals surface area contributed by atoms with Gasteiger partial charge in [-0.05, 0) is 36.8 Å². The number of nitrogens with one attached hydrogen (secondary N) is 1. The first-order valence-corrected chi connectivity index (χ1v) is 13.8. The van der Waals surface area contributed by atoms with E-state index in [-0.39, 0.29) is 6.04 Å². The molecule has 0 aromatic heterocycles. The van der Waals surface area contributed by atoms with E-state index in [4.69, 9.17) is 4.74 Å². The maximum Gasteiger partial charge on any atom is 0.407 e. The molecule has 2 rings (SSSR count). The number of ether oxygens (including phenoxy) is 1. The normalized spacial score (nSPS) is 19.9. The summed E-state index contributed by atoms with van der Waals surface area (Å²) in [5, 5.41) is 13.1. The highest BCUT2D eigenvalue weighted by Crippen LogP contribution is 2.32. The lowest BCUT2D eigenvalue weighted by molar-refractivity contribution is 0.0234. The number of anilines is 1. The molecule has 1 aliphatic rings. The number of para-hydroxylation sites is 1. The van der Waals surface area contributed by atoms with Crippen LogP contribution in [0.3, 0.4) is 0 Å². The van der Waals surface area contributed by atoms with Crippen LogP contribution in [0.15, 0.2) is 30.3 Å². The lowest BCUT2D eigenvalue weighted by Gasteiger charge is -2.39. The number of carboxylic acid groups (broad SMARTS) is 1. The number of likely N-dealkylation sites (N-methyl/N-ethyl adjacent to an activating group) is 1. The van der Waals surface area contributed by atoms with Crippen LogP contribution in [0.4, 0.5) is 10.5 Å². The minimum absolute atomic E-state index is 0.0801. The summed E-state index contributed by atoms with van der Waals surface area (Å²) in [4.78, 5) is 12.9. The Hall–Kier alpha value is -1.53. The van der Waals surface area contributed by atoms with E-state index in [9.17, 15) is 9.90 Å². The summed E-state index contributed by atoms with van der Waals surface area (Å²) in [6, 6.07) is 11.5. The van der Waals surface area contributed by atoms with Crippen molar-refractivity contribution >= 4 is 19.9 Å². The van der Waals surface area contributed by atoms with Gasteiger partial charge in [0.15, 0.2) is 0 Å². The smallest absolute Gasteiger partial charge is 0.407 e.